The van der Waals surface area contributed by atoms with E-state index in [4.69, 9.17) is 11.6 Å². The minimum atomic E-state index is 0.823. The van der Waals surface area contributed by atoms with Gasteiger partial charge in [0.25, 0.3) is 0 Å². The van der Waals surface area contributed by atoms with Crippen LogP contribution in [0, 0.1) is 0 Å². The van der Waals surface area contributed by atoms with Crippen LogP contribution >= 0.6 is 11.6 Å². The lowest BCUT2D eigenvalue weighted by Crippen LogP contribution is -2.15. The van der Waals surface area contributed by atoms with Crippen LogP contribution in [0.5, 0.6) is 0 Å². The number of hydrogen-bond acceptors (Lipinski definition) is 1. The van der Waals surface area contributed by atoms with Gasteiger partial charge in [-0.1, -0.05) is 30.7 Å². The Labute approximate surface area is 97.8 Å². The van der Waals surface area contributed by atoms with E-state index in [2.05, 4.69) is 24.4 Å². The van der Waals surface area contributed by atoms with Gasteiger partial charge in [-0.3, -0.25) is 0 Å². The summed E-state index contributed by atoms with van der Waals surface area (Å²) in [6.07, 6.45) is 4.88. The van der Waals surface area contributed by atoms with Gasteiger partial charge < -0.3 is 5.32 Å². The molecular formula is C13H20ClN. The Morgan fingerprint density at radius 1 is 1.07 bits per heavy atom. The molecule has 0 aliphatic carbocycles. The van der Waals surface area contributed by atoms with Gasteiger partial charge in [0.1, 0.15) is 0 Å². The molecule has 15 heavy (non-hydrogen) atoms. The zero-order valence-electron chi connectivity index (χ0n) is 9.43. The van der Waals surface area contributed by atoms with E-state index in [1.54, 1.807) is 0 Å². The molecule has 0 saturated heterocycles. The maximum atomic E-state index is 5.82. The Morgan fingerprint density at radius 2 is 1.80 bits per heavy atom. The van der Waals surface area contributed by atoms with Crippen molar-refractivity contribution in [2.75, 3.05) is 13.1 Å². The first-order valence-corrected chi connectivity index (χ1v) is 6.16. The molecule has 1 aromatic rings. The third kappa shape index (κ3) is 5.81. The van der Waals surface area contributed by atoms with Gasteiger partial charge in [0.05, 0.1) is 0 Å². The number of halogens is 1. The molecule has 0 aliphatic heterocycles. The summed E-state index contributed by atoms with van der Waals surface area (Å²) in [6, 6.07) is 8.15. The molecule has 0 spiro atoms. The molecule has 0 bridgehead atoms. The van der Waals surface area contributed by atoms with Crippen molar-refractivity contribution < 1.29 is 0 Å². The van der Waals surface area contributed by atoms with E-state index in [-0.39, 0.29) is 0 Å². The Hall–Kier alpha value is -0.530. The summed E-state index contributed by atoms with van der Waals surface area (Å²) in [7, 11) is 0. The van der Waals surface area contributed by atoms with Crippen molar-refractivity contribution in [1.82, 2.24) is 5.32 Å². The molecule has 1 aromatic carbocycles. The summed E-state index contributed by atoms with van der Waals surface area (Å²) in [5.74, 6) is 0. The fourth-order valence-corrected chi connectivity index (χ4v) is 1.66. The Balaban J connectivity index is 2.07. The van der Waals surface area contributed by atoms with Crippen molar-refractivity contribution in [2.45, 2.75) is 32.6 Å². The summed E-state index contributed by atoms with van der Waals surface area (Å²) < 4.78 is 0. The second-order valence-corrected chi connectivity index (χ2v) is 4.27. The molecule has 0 radical (unpaired) electrons. The first kappa shape index (κ1) is 12.5. The molecule has 0 unspecified atom stereocenters. The van der Waals surface area contributed by atoms with Crippen LogP contribution in [0.3, 0.4) is 0 Å². The third-order valence-electron chi connectivity index (χ3n) is 2.41. The minimum Gasteiger partial charge on any atom is -0.317 e. The van der Waals surface area contributed by atoms with Crippen molar-refractivity contribution in [3.8, 4) is 0 Å². The van der Waals surface area contributed by atoms with Crippen molar-refractivity contribution in [3.63, 3.8) is 0 Å². The monoisotopic (exact) mass is 225 g/mol. The normalized spacial score (nSPS) is 10.5. The molecular weight excluding hydrogens is 206 g/mol. The lowest BCUT2D eigenvalue weighted by atomic mass is 10.1. The third-order valence-corrected chi connectivity index (χ3v) is 2.66. The largest absolute Gasteiger partial charge is 0.317 e. The lowest BCUT2D eigenvalue weighted by Gasteiger charge is -2.03. The zero-order valence-corrected chi connectivity index (χ0v) is 10.2. The Kier molecular flexibility index (Phi) is 6.45. The topological polar surface area (TPSA) is 12.0 Å². The first-order valence-electron chi connectivity index (χ1n) is 5.78. The van der Waals surface area contributed by atoms with Gasteiger partial charge in [-0.05, 0) is 56.5 Å². The van der Waals surface area contributed by atoms with E-state index in [9.17, 15) is 0 Å². The zero-order chi connectivity index (χ0) is 10.9. The van der Waals surface area contributed by atoms with Gasteiger partial charge in [-0.15, -0.1) is 0 Å². The van der Waals surface area contributed by atoms with Crippen molar-refractivity contribution in [2.24, 2.45) is 0 Å². The molecule has 0 saturated carbocycles. The molecule has 0 fully saturated rings. The molecule has 1 nitrogen and oxygen atoms in total. The highest BCUT2D eigenvalue weighted by molar-refractivity contribution is 6.30. The van der Waals surface area contributed by atoms with Crippen LogP contribution in [0.4, 0.5) is 0 Å². The van der Waals surface area contributed by atoms with Crippen molar-refractivity contribution in [3.05, 3.63) is 34.9 Å². The molecule has 0 aliphatic rings. The Bertz CT molecular complexity index is 256. The molecule has 0 amide bonds. The lowest BCUT2D eigenvalue weighted by molar-refractivity contribution is 0.617. The summed E-state index contributed by atoms with van der Waals surface area (Å²) in [6.45, 7) is 4.48. The smallest absolute Gasteiger partial charge is 0.0406 e. The highest BCUT2D eigenvalue weighted by Crippen LogP contribution is 2.11. The van der Waals surface area contributed by atoms with Crippen LogP contribution in [0.2, 0.25) is 5.02 Å². The van der Waals surface area contributed by atoms with Crippen LogP contribution in [0.15, 0.2) is 24.3 Å². The van der Waals surface area contributed by atoms with E-state index in [0.717, 1.165) is 24.5 Å². The van der Waals surface area contributed by atoms with Gasteiger partial charge in [0, 0.05) is 5.02 Å². The van der Waals surface area contributed by atoms with Crippen LogP contribution < -0.4 is 5.32 Å². The van der Waals surface area contributed by atoms with E-state index < -0.39 is 0 Å². The SMILES string of the molecule is CCCNCCCCc1ccc(Cl)cc1. The summed E-state index contributed by atoms with van der Waals surface area (Å²) in [5, 5.41) is 4.23. The highest BCUT2D eigenvalue weighted by atomic mass is 35.5. The predicted octanol–water partition coefficient (Wildman–Crippen LogP) is 3.66. The minimum absolute atomic E-state index is 0.823. The molecule has 0 atom stereocenters. The van der Waals surface area contributed by atoms with Crippen LogP contribution in [0.25, 0.3) is 0 Å². The standard InChI is InChI=1S/C13H20ClN/c1-2-10-15-11-4-3-5-12-6-8-13(14)9-7-12/h6-9,15H,2-5,10-11H2,1H3. The van der Waals surface area contributed by atoms with Gasteiger partial charge in [-0.2, -0.15) is 0 Å². The van der Waals surface area contributed by atoms with Gasteiger partial charge >= 0.3 is 0 Å². The molecule has 2 heteroatoms. The van der Waals surface area contributed by atoms with E-state index in [0.29, 0.717) is 0 Å². The Morgan fingerprint density at radius 3 is 2.47 bits per heavy atom. The molecule has 84 valence electrons. The number of aryl methyl sites for hydroxylation is 1. The van der Waals surface area contributed by atoms with Gasteiger partial charge in [-0.25, -0.2) is 0 Å². The maximum Gasteiger partial charge on any atom is 0.0406 e. The fraction of sp³-hybridized carbons (Fsp3) is 0.538. The molecule has 1 rings (SSSR count). The molecule has 0 aromatic heterocycles. The number of nitrogens with one attached hydrogen (secondary N) is 1. The summed E-state index contributed by atoms with van der Waals surface area (Å²) in [4.78, 5) is 0. The first-order chi connectivity index (χ1) is 7.33. The van der Waals surface area contributed by atoms with Gasteiger partial charge in [0.2, 0.25) is 0 Å². The average Bonchev–Trinajstić information content (AvgIpc) is 2.26. The van der Waals surface area contributed by atoms with Crippen LogP contribution in [-0.2, 0) is 6.42 Å². The maximum absolute atomic E-state index is 5.82. The van der Waals surface area contributed by atoms with E-state index in [1.165, 1.54) is 24.8 Å². The second kappa shape index (κ2) is 7.72. The molecule has 1 N–H and O–H groups in total. The number of hydrogen-bond donors (Lipinski definition) is 1. The highest BCUT2D eigenvalue weighted by Gasteiger charge is 1.93. The number of benzene rings is 1. The second-order valence-electron chi connectivity index (χ2n) is 3.83. The van der Waals surface area contributed by atoms with Crippen LogP contribution in [-0.4, -0.2) is 13.1 Å². The number of rotatable bonds is 7. The van der Waals surface area contributed by atoms with Crippen molar-refractivity contribution >= 4 is 11.6 Å². The number of unbranched alkanes of at least 4 members (excludes halogenated alkanes) is 1. The van der Waals surface area contributed by atoms with E-state index in [1.807, 2.05) is 12.1 Å². The van der Waals surface area contributed by atoms with Gasteiger partial charge in [0.15, 0.2) is 0 Å². The predicted molar refractivity (Wildman–Crippen MR) is 67.6 cm³/mol. The van der Waals surface area contributed by atoms with Crippen LogP contribution in [0.1, 0.15) is 31.7 Å². The molecule has 0 heterocycles. The van der Waals surface area contributed by atoms with Crippen molar-refractivity contribution in [1.29, 1.82) is 0 Å². The fourth-order valence-electron chi connectivity index (χ4n) is 1.53. The quantitative estimate of drug-likeness (QED) is 0.699. The van der Waals surface area contributed by atoms with E-state index >= 15 is 0 Å². The average molecular weight is 226 g/mol. The summed E-state index contributed by atoms with van der Waals surface area (Å²) >= 11 is 5.82. The summed E-state index contributed by atoms with van der Waals surface area (Å²) in [5.41, 5.74) is 1.38.